The molecular formula is C11H12NO3-. The molecule has 0 amide bonds. The van der Waals surface area contributed by atoms with Gasteiger partial charge in [-0.05, 0) is 30.9 Å². The normalized spacial score (nSPS) is 20.4. The minimum absolute atomic E-state index is 0.144. The zero-order valence-corrected chi connectivity index (χ0v) is 8.31. The Morgan fingerprint density at radius 3 is 3.20 bits per heavy atom. The number of ether oxygens (including phenoxy) is 1. The predicted octanol–water partition coefficient (Wildman–Crippen LogP) is 0.167. The molecular weight excluding hydrogens is 194 g/mol. The van der Waals surface area contributed by atoms with Crippen LogP contribution in [0.15, 0.2) is 18.5 Å². The Labute approximate surface area is 87.9 Å². The van der Waals surface area contributed by atoms with Crippen molar-refractivity contribution in [2.45, 2.75) is 25.4 Å². The van der Waals surface area contributed by atoms with Crippen LogP contribution in [0.2, 0.25) is 0 Å². The molecule has 1 unspecified atom stereocenters. The first-order chi connectivity index (χ1) is 7.27. The van der Waals surface area contributed by atoms with Gasteiger partial charge in [0, 0.05) is 24.6 Å². The molecule has 1 fully saturated rings. The predicted molar refractivity (Wildman–Crippen MR) is 51.2 cm³/mol. The second-order valence-corrected chi connectivity index (χ2v) is 3.66. The maximum Gasteiger partial charge on any atom is 0.0733 e. The van der Waals surface area contributed by atoms with E-state index in [0.717, 1.165) is 25.0 Å². The summed E-state index contributed by atoms with van der Waals surface area (Å²) in [4.78, 5) is 14.6. The van der Waals surface area contributed by atoms with Crippen LogP contribution in [0.1, 0.15) is 28.8 Å². The van der Waals surface area contributed by atoms with E-state index in [1.807, 2.05) is 0 Å². The molecule has 2 heterocycles. The zero-order chi connectivity index (χ0) is 10.7. The summed E-state index contributed by atoms with van der Waals surface area (Å²) in [5, 5.41) is 10.8. The SMILES string of the molecule is O=C([O-])c1cnccc1CC1CCCO1. The lowest BCUT2D eigenvalue weighted by Crippen LogP contribution is -2.25. The maximum atomic E-state index is 10.8. The number of carboxylic acids is 1. The van der Waals surface area contributed by atoms with Gasteiger partial charge in [0.2, 0.25) is 0 Å². The average molecular weight is 206 g/mol. The molecule has 1 aliphatic rings. The number of rotatable bonds is 3. The minimum atomic E-state index is -1.17. The highest BCUT2D eigenvalue weighted by Gasteiger charge is 2.17. The van der Waals surface area contributed by atoms with Gasteiger partial charge in [-0.2, -0.15) is 0 Å². The summed E-state index contributed by atoms with van der Waals surface area (Å²) in [5.41, 5.74) is 0.921. The fraction of sp³-hybridized carbons (Fsp3) is 0.455. The number of hydrogen-bond donors (Lipinski definition) is 0. The van der Waals surface area contributed by atoms with E-state index in [1.165, 1.54) is 6.20 Å². The van der Waals surface area contributed by atoms with Crippen molar-refractivity contribution in [2.24, 2.45) is 0 Å². The molecule has 0 aliphatic carbocycles. The van der Waals surface area contributed by atoms with Gasteiger partial charge in [-0.15, -0.1) is 0 Å². The summed E-state index contributed by atoms with van der Waals surface area (Å²) in [5.74, 6) is -1.17. The smallest absolute Gasteiger partial charge is 0.0733 e. The first-order valence-corrected chi connectivity index (χ1v) is 5.03. The van der Waals surface area contributed by atoms with Crippen molar-refractivity contribution in [3.63, 3.8) is 0 Å². The van der Waals surface area contributed by atoms with Gasteiger partial charge in [-0.3, -0.25) is 4.98 Å². The molecule has 0 bridgehead atoms. The first kappa shape index (κ1) is 10.1. The van der Waals surface area contributed by atoms with E-state index < -0.39 is 5.97 Å². The van der Waals surface area contributed by atoms with Crippen LogP contribution < -0.4 is 5.11 Å². The summed E-state index contributed by atoms with van der Waals surface area (Å²) >= 11 is 0. The van der Waals surface area contributed by atoms with E-state index in [0.29, 0.717) is 6.42 Å². The molecule has 0 aromatic carbocycles. The van der Waals surface area contributed by atoms with E-state index in [4.69, 9.17) is 4.74 Å². The molecule has 0 saturated carbocycles. The van der Waals surface area contributed by atoms with Gasteiger partial charge in [-0.1, -0.05) is 0 Å². The molecule has 15 heavy (non-hydrogen) atoms. The Bertz CT molecular complexity index is 359. The quantitative estimate of drug-likeness (QED) is 0.707. The third kappa shape index (κ3) is 2.33. The van der Waals surface area contributed by atoms with Crippen LogP contribution in [0.25, 0.3) is 0 Å². The van der Waals surface area contributed by atoms with Gasteiger partial charge in [0.25, 0.3) is 0 Å². The number of carbonyl (C=O) groups excluding carboxylic acids is 1. The van der Waals surface area contributed by atoms with Crippen LogP contribution in [-0.2, 0) is 11.2 Å². The molecule has 1 aromatic heterocycles. The molecule has 0 radical (unpaired) electrons. The Morgan fingerprint density at radius 1 is 1.67 bits per heavy atom. The summed E-state index contributed by atoms with van der Waals surface area (Å²) in [6, 6.07) is 1.72. The number of carboxylic acid groups (broad SMARTS) is 1. The van der Waals surface area contributed by atoms with Crippen molar-refractivity contribution in [1.29, 1.82) is 0 Å². The van der Waals surface area contributed by atoms with Crippen LogP contribution in [0, 0.1) is 0 Å². The minimum Gasteiger partial charge on any atom is -0.545 e. The van der Waals surface area contributed by atoms with Crippen LogP contribution in [0.5, 0.6) is 0 Å². The lowest BCUT2D eigenvalue weighted by molar-refractivity contribution is -0.255. The summed E-state index contributed by atoms with van der Waals surface area (Å²) in [7, 11) is 0. The highest BCUT2D eigenvalue weighted by Crippen LogP contribution is 2.18. The van der Waals surface area contributed by atoms with Crippen molar-refractivity contribution in [1.82, 2.24) is 4.98 Å². The van der Waals surface area contributed by atoms with E-state index in [9.17, 15) is 9.90 Å². The molecule has 1 saturated heterocycles. The number of aromatic nitrogens is 1. The van der Waals surface area contributed by atoms with Crippen molar-refractivity contribution in [2.75, 3.05) is 6.61 Å². The summed E-state index contributed by atoms with van der Waals surface area (Å²) < 4.78 is 5.46. The Kier molecular flexibility index (Phi) is 2.97. The lowest BCUT2D eigenvalue weighted by atomic mass is 10.0. The molecule has 1 aromatic rings. The van der Waals surface area contributed by atoms with Gasteiger partial charge >= 0.3 is 0 Å². The first-order valence-electron chi connectivity index (χ1n) is 5.03. The molecule has 4 nitrogen and oxygen atoms in total. The van der Waals surface area contributed by atoms with Crippen LogP contribution in [-0.4, -0.2) is 23.7 Å². The number of nitrogens with zero attached hydrogens (tertiary/aromatic N) is 1. The second-order valence-electron chi connectivity index (χ2n) is 3.66. The van der Waals surface area contributed by atoms with Crippen LogP contribution in [0.4, 0.5) is 0 Å². The molecule has 1 atom stereocenters. The number of hydrogen-bond acceptors (Lipinski definition) is 4. The van der Waals surface area contributed by atoms with Crippen molar-refractivity contribution >= 4 is 5.97 Å². The third-order valence-corrected chi connectivity index (χ3v) is 2.60. The van der Waals surface area contributed by atoms with Crippen molar-refractivity contribution in [3.05, 3.63) is 29.6 Å². The highest BCUT2D eigenvalue weighted by atomic mass is 16.5. The van der Waals surface area contributed by atoms with Gasteiger partial charge in [0.15, 0.2) is 0 Å². The van der Waals surface area contributed by atoms with Gasteiger partial charge < -0.3 is 14.6 Å². The molecule has 80 valence electrons. The number of pyridine rings is 1. The zero-order valence-electron chi connectivity index (χ0n) is 8.31. The molecule has 0 N–H and O–H groups in total. The van der Waals surface area contributed by atoms with Crippen molar-refractivity contribution in [3.8, 4) is 0 Å². The lowest BCUT2D eigenvalue weighted by Gasteiger charge is -2.13. The fourth-order valence-electron chi connectivity index (χ4n) is 1.84. The van der Waals surface area contributed by atoms with E-state index in [1.54, 1.807) is 12.3 Å². The topological polar surface area (TPSA) is 62.2 Å². The van der Waals surface area contributed by atoms with Crippen molar-refractivity contribution < 1.29 is 14.6 Å². The average Bonchev–Trinajstić information content (AvgIpc) is 2.71. The van der Waals surface area contributed by atoms with Gasteiger partial charge in [0.05, 0.1) is 12.1 Å². The third-order valence-electron chi connectivity index (χ3n) is 2.60. The summed E-state index contributed by atoms with van der Waals surface area (Å²) in [6.45, 7) is 0.774. The maximum absolute atomic E-state index is 10.8. The molecule has 0 spiro atoms. The Balaban J connectivity index is 2.15. The largest absolute Gasteiger partial charge is 0.545 e. The molecule has 1 aliphatic heterocycles. The second kappa shape index (κ2) is 4.40. The Hall–Kier alpha value is -1.42. The molecule has 4 heteroatoms. The summed E-state index contributed by atoms with van der Waals surface area (Å²) in [6.07, 6.45) is 5.75. The standard InChI is InChI=1S/C11H13NO3/c13-11(14)10-7-12-4-3-8(10)6-9-2-1-5-15-9/h3-4,7,9H,1-2,5-6H2,(H,13,14)/p-1. The van der Waals surface area contributed by atoms with E-state index in [-0.39, 0.29) is 11.7 Å². The number of carbonyl (C=O) groups is 1. The van der Waals surface area contributed by atoms with Crippen LogP contribution >= 0.6 is 0 Å². The monoisotopic (exact) mass is 206 g/mol. The van der Waals surface area contributed by atoms with Gasteiger partial charge in [-0.25, -0.2) is 0 Å². The van der Waals surface area contributed by atoms with E-state index >= 15 is 0 Å². The van der Waals surface area contributed by atoms with Crippen LogP contribution in [0.3, 0.4) is 0 Å². The Morgan fingerprint density at radius 2 is 2.53 bits per heavy atom. The highest BCUT2D eigenvalue weighted by molar-refractivity contribution is 5.87. The fourth-order valence-corrected chi connectivity index (χ4v) is 1.84. The number of aromatic carboxylic acids is 1. The molecule has 2 rings (SSSR count). The van der Waals surface area contributed by atoms with Gasteiger partial charge in [0.1, 0.15) is 0 Å². The van der Waals surface area contributed by atoms with E-state index in [2.05, 4.69) is 4.98 Å².